The molecule has 3 heterocycles. The Balaban J connectivity index is 1.61. The first-order chi connectivity index (χ1) is 12.2. The number of nitrogens with one attached hydrogen (secondary N) is 2. The Hall–Kier alpha value is -2.74. The quantitative estimate of drug-likeness (QED) is 0.755. The monoisotopic (exact) mass is 355 g/mol. The van der Waals surface area contributed by atoms with Crippen molar-refractivity contribution in [2.45, 2.75) is 25.3 Å². The first kappa shape index (κ1) is 15.8. The first-order valence-corrected chi connectivity index (χ1v) is 8.97. The van der Waals surface area contributed by atoms with E-state index in [2.05, 4.69) is 19.6 Å². The van der Waals surface area contributed by atoms with Crippen LogP contribution in [0.1, 0.15) is 40.8 Å². The summed E-state index contributed by atoms with van der Waals surface area (Å²) in [5.74, 6) is 0.457. The molecule has 8 heteroatoms. The second-order valence-electron chi connectivity index (χ2n) is 6.02. The number of nitrogens with zero attached hydrogens (tertiary/aromatic N) is 3. The Bertz CT molecular complexity index is 930. The van der Waals surface area contributed by atoms with Crippen molar-refractivity contribution < 1.29 is 4.79 Å². The number of benzene rings is 1. The van der Waals surface area contributed by atoms with Gasteiger partial charge in [-0.25, -0.2) is 9.89 Å². The summed E-state index contributed by atoms with van der Waals surface area (Å²) in [5, 5.41) is 6.40. The van der Waals surface area contributed by atoms with Gasteiger partial charge in [0.05, 0.1) is 11.7 Å². The van der Waals surface area contributed by atoms with Gasteiger partial charge in [0.25, 0.3) is 5.91 Å². The molecule has 0 saturated carbocycles. The molecule has 2 N–H and O–H groups in total. The molecular weight excluding hydrogens is 338 g/mol. The van der Waals surface area contributed by atoms with Crippen LogP contribution >= 0.6 is 11.5 Å². The highest BCUT2D eigenvalue weighted by Gasteiger charge is 2.31. The van der Waals surface area contributed by atoms with Crippen LogP contribution in [-0.2, 0) is 0 Å². The molecule has 0 bridgehead atoms. The highest BCUT2D eigenvalue weighted by atomic mass is 32.1. The predicted molar refractivity (Wildman–Crippen MR) is 94.4 cm³/mol. The lowest BCUT2D eigenvalue weighted by Crippen LogP contribution is -2.38. The van der Waals surface area contributed by atoms with Gasteiger partial charge in [-0.3, -0.25) is 9.78 Å². The Morgan fingerprint density at radius 2 is 2.08 bits per heavy atom. The number of aromatic nitrogens is 4. The smallest absolute Gasteiger partial charge is 0.328 e. The van der Waals surface area contributed by atoms with E-state index in [0.717, 1.165) is 30.5 Å². The van der Waals surface area contributed by atoms with Crippen LogP contribution in [0.5, 0.6) is 0 Å². The van der Waals surface area contributed by atoms with Gasteiger partial charge in [-0.05, 0) is 36.9 Å². The number of carbonyl (C=O) groups is 1. The van der Waals surface area contributed by atoms with Crippen LogP contribution < -0.4 is 5.69 Å². The van der Waals surface area contributed by atoms with E-state index >= 15 is 0 Å². The SMILES string of the molecule is O=C(c1cc(-c2ccccc2)ns1)N1CCCCC1c1n[nH]c(=O)[nH]1. The predicted octanol–water partition coefficient (Wildman–Crippen LogP) is 2.59. The van der Waals surface area contributed by atoms with Crippen LogP contribution in [0.2, 0.25) is 0 Å². The molecule has 4 rings (SSSR count). The van der Waals surface area contributed by atoms with E-state index in [-0.39, 0.29) is 17.6 Å². The Labute approximate surface area is 147 Å². The highest BCUT2D eigenvalue weighted by molar-refractivity contribution is 7.08. The van der Waals surface area contributed by atoms with E-state index < -0.39 is 0 Å². The van der Waals surface area contributed by atoms with Crippen molar-refractivity contribution >= 4 is 17.4 Å². The summed E-state index contributed by atoms with van der Waals surface area (Å²) in [6.07, 6.45) is 2.74. The minimum absolute atomic E-state index is 0.0618. The molecule has 1 aliphatic heterocycles. The van der Waals surface area contributed by atoms with Crippen molar-refractivity contribution in [3.05, 3.63) is 57.6 Å². The fourth-order valence-corrected chi connectivity index (χ4v) is 3.88. The summed E-state index contributed by atoms with van der Waals surface area (Å²) < 4.78 is 4.42. The van der Waals surface area contributed by atoms with Crippen molar-refractivity contribution in [3.63, 3.8) is 0 Å². The van der Waals surface area contributed by atoms with Crippen molar-refractivity contribution in [1.82, 2.24) is 24.5 Å². The fourth-order valence-electron chi connectivity index (χ4n) is 3.16. The lowest BCUT2D eigenvalue weighted by atomic mass is 10.0. The average Bonchev–Trinajstić information content (AvgIpc) is 3.31. The number of hydrogen-bond acceptors (Lipinski definition) is 5. The summed E-state index contributed by atoms with van der Waals surface area (Å²) in [7, 11) is 0. The Morgan fingerprint density at radius 3 is 2.84 bits per heavy atom. The number of likely N-dealkylation sites (tertiary alicyclic amines) is 1. The van der Waals surface area contributed by atoms with Crippen LogP contribution in [0.3, 0.4) is 0 Å². The number of carbonyl (C=O) groups excluding carboxylic acids is 1. The van der Waals surface area contributed by atoms with Crippen molar-refractivity contribution in [2.75, 3.05) is 6.54 Å². The van der Waals surface area contributed by atoms with E-state index in [1.54, 1.807) is 4.90 Å². The van der Waals surface area contributed by atoms with E-state index in [1.165, 1.54) is 11.5 Å². The van der Waals surface area contributed by atoms with E-state index in [1.807, 2.05) is 36.4 Å². The minimum Gasteiger partial charge on any atom is -0.328 e. The maximum absolute atomic E-state index is 13.0. The molecule has 0 aliphatic carbocycles. The molecule has 7 nitrogen and oxygen atoms in total. The van der Waals surface area contributed by atoms with Crippen LogP contribution in [0, 0.1) is 0 Å². The van der Waals surface area contributed by atoms with Gasteiger partial charge in [-0.1, -0.05) is 30.3 Å². The summed E-state index contributed by atoms with van der Waals surface area (Å²) in [6.45, 7) is 0.650. The van der Waals surface area contributed by atoms with Crippen LogP contribution in [-0.4, -0.2) is 36.9 Å². The van der Waals surface area contributed by atoms with Gasteiger partial charge in [0.1, 0.15) is 4.88 Å². The van der Waals surface area contributed by atoms with E-state index in [0.29, 0.717) is 17.2 Å². The zero-order chi connectivity index (χ0) is 17.2. The second-order valence-corrected chi connectivity index (χ2v) is 6.82. The van der Waals surface area contributed by atoms with Crippen LogP contribution in [0.25, 0.3) is 11.3 Å². The van der Waals surface area contributed by atoms with Gasteiger partial charge < -0.3 is 4.90 Å². The van der Waals surface area contributed by atoms with Crippen molar-refractivity contribution in [3.8, 4) is 11.3 Å². The number of piperidine rings is 1. The molecule has 1 unspecified atom stereocenters. The maximum atomic E-state index is 13.0. The lowest BCUT2D eigenvalue weighted by molar-refractivity contribution is 0.0605. The van der Waals surface area contributed by atoms with Gasteiger partial charge in [0.2, 0.25) is 0 Å². The van der Waals surface area contributed by atoms with Gasteiger partial charge in [0.15, 0.2) is 5.82 Å². The molecule has 1 aliphatic rings. The van der Waals surface area contributed by atoms with Crippen LogP contribution in [0.4, 0.5) is 0 Å². The largest absolute Gasteiger partial charge is 0.340 e. The third kappa shape index (κ3) is 3.12. The minimum atomic E-state index is -0.350. The molecular formula is C17H17N5O2S. The topological polar surface area (TPSA) is 94.7 Å². The van der Waals surface area contributed by atoms with Crippen LogP contribution in [0.15, 0.2) is 41.2 Å². The van der Waals surface area contributed by atoms with Gasteiger partial charge in [-0.2, -0.15) is 9.47 Å². The lowest BCUT2D eigenvalue weighted by Gasteiger charge is -2.33. The average molecular weight is 355 g/mol. The summed E-state index contributed by atoms with van der Waals surface area (Å²) in [5.41, 5.74) is 1.44. The second kappa shape index (κ2) is 6.64. The summed E-state index contributed by atoms with van der Waals surface area (Å²) in [4.78, 5) is 29.4. The van der Waals surface area contributed by atoms with Gasteiger partial charge in [-0.15, -0.1) is 0 Å². The number of H-pyrrole nitrogens is 2. The normalized spacial score (nSPS) is 17.6. The molecule has 3 aromatic rings. The van der Waals surface area contributed by atoms with Gasteiger partial charge >= 0.3 is 5.69 Å². The van der Waals surface area contributed by atoms with Crippen molar-refractivity contribution in [1.29, 1.82) is 0 Å². The zero-order valence-corrected chi connectivity index (χ0v) is 14.3. The molecule has 1 amide bonds. The molecule has 1 aromatic carbocycles. The van der Waals surface area contributed by atoms with Gasteiger partial charge in [0, 0.05) is 12.1 Å². The molecule has 2 aromatic heterocycles. The fraction of sp³-hybridized carbons (Fsp3) is 0.294. The van der Waals surface area contributed by atoms with Crippen molar-refractivity contribution in [2.24, 2.45) is 0 Å². The Kier molecular flexibility index (Phi) is 4.19. The molecule has 128 valence electrons. The highest BCUT2D eigenvalue weighted by Crippen LogP contribution is 2.31. The van der Waals surface area contributed by atoms with E-state index in [4.69, 9.17) is 0 Å². The number of aromatic amines is 2. The standard InChI is InChI=1S/C17H17N5O2S/c23-16(14-10-12(21-25-14)11-6-2-1-3-7-11)22-9-5-4-8-13(22)15-18-17(24)20-19-15/h1-3,6-7,10,13H,4-5,8-9H2,(H2,18,19,20,24). The molecule has 1 atom stereocenters. The maximum Gasteiger partial charge on any atom is 0.340 e. The molecule has 1 fully saturated rings. The molecule has 0 spiro atoms. The third-order valence-electron chi connectivity index (χ3n) is 4.39. The number of hydrogen-bond donors (Lipinski definition) is 2. The first-order valence-electron chi connectivity index (χ1n) is 8.20. The summed E-state index contributed by atoms with van der Waals surface area (Å²) in [6, 6.07) is 11.4. The zero-order valence-electron chi connectivity index (χ0n) is 13.4. The van der Waals surface area contributed by atoms with E-state index in [9.17, 15) is 9.59 Å². The molecule has 1 saturated heterocycles. The number of amides is 1. The Morgan fingerprint density at radius 1 is 1.24 bits per heavy atom. The molecule has 0 radical (unpaired) electrons. The third-order valence-corrected chi connectivity index (χ3v) is 5.17. The number of rotatable bonds is 3. The summed E-state index contributed by atoms with van der Waals surface area (Å²) >= 11 is 1.21. The molecule has 25 heavy (non-hydrogen) atoms.